The summed E-state index contributed by atoms with van der Waals surface area (Å²) in [6, 6.07) is 9.73. The number of hydrogen-bond acceptors (Lipinski definition) is 3. The molecule has 3 heterocycles. The van der Waals surface area contributed by atoms with Crippen molar-refractivity contribution in [2.75, 3.05) is 30.8 Å². The highest BCUT2D eigenvalue weighted by atomic mass is 15.3. The van der Waals surface area contributed by atoms with Crippen LogP contribution in [0, 0.1) is 0 Å². The van der Waals surface area contributed by atoms with E-state index < -0.39 is 0 Å². The molecular weight excluding hydrogens is 198 g/mol. The van der Waals surface area contributed by atoms with Gasteiger partial charge in [-0.2, -0.15) is 0 Å². The van der Waals surface area contributed by atoms with Crippen LogP contribution >= 0.6 is 0 Å². The summed E-state index contributed by atoms with van der Waals surface area (Å²) in [5.41, 5.74) is 7.91. The number of piperidine rings is 2. The molecule has 4 rings (SSSR count). The average Bonchev–Trinajstić information content (AvgIpc) is 2.31. The van der Waals surface area contributed by atoms with Crippen molar-refractivity contribution in [1.29, 1.82) is 0 Å². The van der Waals surface area contributed by atoms with Gasteiger partial charge in [0.05, 0.1) is 0 Å². The van der Waals surface area contributed by atoms with E-state index in [1.807, 2.05) is 12.1 Å². The van der Waals surface area contributed by atoms with E-state index in [-0.39, 0.29) is 0 Å². The molecule has 3 nitrogen and oxygen atoms in total. The van der Waals surface area contributed by atoms with Gasteiger partial charge >= 0.3 is 0 Å². The second-order valence-corrected chi connectivity index (χ2v) is 5.07. The van der Waals surface area contributed by atoms with Crippen LogP contribution < -0.4 is 10.6 Å². The Bertz CT molecular complexity index is 373. The Morgan fingerprint density at radius 2 is 1.75 bits per heavy atom. The number of fused-ring (bicyclic) bond motifs is 3. The average molecular weight is 217 g/mol. The minimum atomic E-state index is 0.693. The van der Waals surface area contributed by atoms with Gasteiger partial charge in [-0.15, -0.1) is 0 Å². The third kappa shape index (κ3) is 1.55. The van der Waals surface area contributed by atoms with Crippen molar-refractivity contribution in [3.63, 3.8) is 0 Å². The standard InChI is InChI=1S/C13H19N3/c1-15-8-13-7-6-12(15)9-16(13)11-4-2-10(14)3-5-11/h2-5,12-13H,6-9,14H2,1H3. The topological polar surface area (TPSA) is 32.5 Å². The van der Waals surface area contributed by atoms with Crippen LogP contribution in [0.5, 0.6) is 0 Å². The third-order valence-corrected chi connectivity index (χ3v) is 4.03. The number of likely N-dealkylation sites (N-methyl/N-ethyl adjacent to an activating group) is 1. The number of rotatable bonds is 1. The first-order valence-corrected chi connectivity index (χ1v) is 6.06. The van der Waals surface area contributed by atoms with Gasteiger partial charge in [-0.05, 0) is 44.2 Å². The highest BCUT2D eigenvalue weighted by Gasteiger charge is 2.36. The number of nitrogens with zero attached hydrogens (tertiary/aromatic N) is 2. The predicted molar refractivity (Wildman–Crippen MR) is 67.6 cm³/mol. The number of anilines is 2. The zero-order valence-electron chi connectivity index (χ0n) is 9.76. The molecule has 2 bridgehead atoms. The molecule has 86 valence electrons. The van der Waals surface area contributed by atoms with Crippen molar-refractivity contribution in [3.05, 3.63) is 24.3 Å². The van der Waals surface area contributed by atoms with Gasteiger partial charge in [-0.1, -0.05) is 0 Å². The zero-order valence-corrected chi connectivity index (χ0v) is 9.76. The Balaban J connectivity index is 1.84. The fraction of sp³-hybridized carbons (Fsp3) is 0.538. The van der Waals surface area contributed by atoms with Gasteiger partial charge in [0.15, 0.2) is 0 Å². The monoisotopic (exact) mass is 217 g/mol. The van der Waals surface area contributed by atoms with Crippen molar-refractivity contribution in [1.82, 2.24) is 4.90 Å². The van der Waals surface area contributed by atoms with E-state index in [4.69, 9.17) is 5.73 Å². The van der Waals surface area contributed by atoms with Gasteiger partial charge in [0.25, 0.3) is 0 Å². The van der Waals surface area contributed by atoms with Gasteiger partial charge in [0, 0.05) is 36.5 Å². The quantitative estimate of drug-likeness (QED) is 0.724. The van der Waals surface area contributed by atoms with Crippen molar-refractivity contribution in [2.24, 2.45) is 0 Å². The van der Waals surface area contributed by atoms with E-state index in [2.05, 4.69) is 29.0 Å². The Kier molecular flexibility index (Phi) is 2.28. The molecule has 3 fully saturated rings. The molecule has 16 heavy (non-hydrogen) atoms. The van der Waals surface area contributed by atoms with E-state index in [1.54, 1.807) is 0 Å². The molecule has 3 aliphatic rings. The summed E-state index contributed by atoms with van der Waals surface area (Å²) in [5.74, 6) is 0. The smallest absolute Gasteiger partial charge is 0.0418 e. The molecule has 1 aromatic carbocycles. The molecule has 0 spiro atoms. The summed E-state index contributed by atoms with van der Waals surface area (Å²) in [6.45, 7) is 2.38. The van der Waals surface area contributed by atoms with Crippen molar-refractivity contribution < 1.29 is 0 Å². The number of nitrogens with two attached hydrogens (primary N) is 1. The summed E-state index contributed by atoms with van der Waals surface area (Å²) in [4.78, 5) is 5.05. The van der Waals surface area contributed by atoms with E-state index >= 15 is 0 Å². The minimum Gasteiger partial charge on any atom is -0.399 e. The van der Waals surface area contributed by atoms with Crippen LogP contribution in [-0.2, 0) is 0 Å². The molecule has 0 aromatic heterocycles. The molecule has 2 atom stereocenters. The third-order valence-electron chi connectivity index (χ3n) is 4.03. The van der Waals surface area contributed by atoms with Crippen LogP contribution in [-0.4, -0.2) is 37.1 Å². The van der Waals surface area contributed by atoms with Crippen LogP contribution in [0.15, 0.2) is 24.3 Å². The number of piperazine rings is 1. The summed E-state index contributed by atoms with van der Waals surface area (Å²) in [5, 5.41) is 0. The van der Waals surface area contributed by atoms with Crippen LogP contribution in [0.3, 0.4) is 0 Å². The maximum absolute atomic E-state index is 5.73. The van der Waals surface area contributed by atoms with Crippen LogP contribution in [0.25, 0.3) is 0 Å². The fourth-order valence-electron chi connectivity index (χ4n) is 3.02. The second kappa shape index (κ2) is 3.67. The Labute approximate surface area is 96.8 Å². The Morgan fingerprint density at radius 3 is 2.31 bits per heavy atom. The van der Waals surface area contributed by atoms with Crippen molar-refractivity contribution in [3.8, 4) is 0 Å². The second-order valence-electron chi connectivity index (χ2n) is 5.07. The van der Waals surface area contributed by atoms with E-state index in [9.17, 15) is 0 Å². The van der Waals surface area contributed by atoms with E-state index in [0.29, 0.717) is 6.04 Å². The molecule has 2 unspecified atom stereocenters. The molecule has 0 saturated carbocycles. The molecule has 2 N–H and O–H groups in total. The molecular formula is C13H19N3. The number of hydrogen-bond donors (Lipinski definition) is 1. The molecule has 3 heteroatoms. The highest BCUT2D eigenvalue weighted by Crippen LogP contribution is 2.31. The molecule has 1 aromatic rings. The van der Waals surface area contributed by atoms with Crippen LogP contribution in [0.4, 0.5) is 11.4 Å². The van der Waals surface area contributed by atoms with Gasteiger partial charge in [-0.25, -0.2) is 0 Å². The van der Waals surface area contributed by atoms with E-state index in [1.165, 1.54) is 31.6 Å². The minimum absolute atomic E-state index is 0.693. The Morgan fingerprint density at radius 1 is 1.06 bits per heavy atom. The SMILES string of the molecule is CN1CC2CCC1CN2c1ccc(N)cc1. The lowest BCUT2D eigenvalue weighted by Crippen LogP contribution is -2.61. The van der Waals surface area contributed by atoms with Crippen molar-refractivity contribution in [2.45, 2.75) is 24.9 Å². The molecule has 3 saturated heterocycles. The maximum atomic E-state index is 5.73. The van der Waals surface area contributed by atoms with Crippen LogP contribution in [0.1, 0.15) is 12.8 Å². The fourth-order valence-corrected chi connectivity index (χ4v) is 3.02. The Hall–Kier alpha value is -1.22. The van der Waals surface area contributed by atoms with Gasteiger partial charge in [-0.3, -0.25) is 4.90 Å². The zero-order chi connectivity index (χ0) is 11.1. The molecule has 0 aliphatic carbocycles. The summed E-state index contributed by atoms with van der Waals surface area (Å²) in [6.07, 6.45) is 2.69. The summed E-state index contributed by atoms with van der Waals surface area (Å²) < 4.78 is 0. The normalized spacial score (nSPS) is 29.7. The summed E-state index contributed by atoms with van der Waals surface area (Å²) in [7, 11) is 2.25. The first kappa shape index (κ1) is 9.97. The van der Waals surface area contributed by atoms with E-state index in [0.717, 1.165) is 11.7 Å². The van der Waals surface area contributed by atoms with Crippen molar-refractivity contribution >= 4 is 11.4 Å². The lowest BCUT2D eigenvalue weighted by atomic mass is 9.91. The maximum Gasteiger partial charge on any atom is 0.0418 e. The van der Waals surface area contributed by atoms with Crippen LogP contribution in [0.2, 0.25) is 0 Å². The first-order chi connectivity index (χ1) is 7.74. The molecule has 0 radical (unpaired) electrons. The highest BCUT2D eigenvalue weighted by molar-refractivity contribution is 5.54. The van der Waals surface area contributed by atoms with Gasteiger partial charge in [0.2, 0.25) is 0 Å². The number of benzene rings is 1. The first-order valence-electron chi connectivity index (χ1n) is 6.06. The molecule has 3 aliphatic heterocycles. The predicted octanol–water partition coefficient (Wildman–Crippen LogP) is 1.55. The molecule has 0 amide bonds. The number of nitrogen functional groups attached to an aromatic ring is 1. The summed E-state index contributed by atoms with van der Waals surface area (Å²) >= 11 is 0. The lowest BCUT2D eigenvalue weighted by molar-refractivity contribution is 0.125. The lowest BCUT2D eigenvalue weighted by Gasteiger charge is -2.51. The largest absolute Gasteiger partial charge is 0.399 e. The van der Waals surface area contributed by atoms with Gasteiger partial charge < -0.3 is 10.6 Å². The van der Waals surface area contributed by atoms with Gasteiger partial charge in [0.1, 0.15) is 0 Å².